The van der Waals surface area contributed by atoms with Gasteiger partial charge in [-0.2, -0.15) is 12.6 Å². The molecule has 0 saturated carbocycles. The Bertz CT molecular complexity index is 192. The summed E-state index contributed by atoms with van der Waals surface area (Å²) in [6.45, 7) is 9.67. The quantitative estimate of drug-likeness (QED) is 0.321. The van der Waals surface area contributed by atoms with Crippen LogP contribution in [-0.4, -0.2) is 17.3 Å². The maximum Gasteiger partial charge on any atom is 0.333 e. The molecule has 0 aromatic carbocycles. The van der Waals surface area contributed by atoms with Gasteiger partial charge < -0.3 is 4.74 Å². The van der Waals surface area contributed by atoms with Crippen LogP contribution in [0.2, 0.25) is 0 Å². The van der Waals surface area contributed by atoms with E-state index in [4.69, 9.17) is 4.74 Å². The molecule has 0 heterocycles. The van der Waals surface area contributed by atoms with Gasteiger partial charge in [0.2, 0.25) is 0 Å². The minimum atomic E-state index is -0.308. The molecule has 13 heavy (non-hydrogen) atoms. The van der Waals surface area contributed by atoms with Gasteiger partial charge in [0, 0.05) is 10.3 Å². The number of hydrogen-bond acceptors (Lipinski definition) is 3. The van der Waals surface area contributed by atoms with Gasteiger partial charge in [-0.05, 0) is 19.8 Å². The predicted octanol–water partition coefficient (Wildman–Crippen LogP) is 2.59. The van der Waals surface area contributed by atoms with Crippen molar-refractivity contribution in [3.05, 3.63) is 12.2 Å². The molecule has 0 atom stereocenters. The van der Waals surface area contributed by atoms with Gasteiger partial charge >= 0.3 is 5.97 Å². The monoisotopic (exact) mass is 202 g/mol. The summed E-state index contributed by atoms with van der Waals surface area (Å²) in [6.07, 6.45) is 1.77. The van der Waals surface area contributed by atoms with Crippen LogP contribution < -0.4 is 0 Å². The Kier molecular flexibility index (Phi) is 5.14. The minimum absolute atomic E-state index is 0.00955. The van der Waals surface area contributed by atoms with Crippen LogP contribution >= 0.6 is 12.6 Å². The van der Waals surface area contributed by atoms with Crippen molar-refractivity contribution in [2.45, 2.75) is 38.4 Å². The van der Waals surface area contributed by atoms with Gasteiger partial charge in [0.1, 0.15) is 0 Å². The maximum absolute atomic E-state index is 10.9. The van der Waals surface area contributed by atoms with E-state index in [1.165, 1.54) is 0 Å². The summed E-state index contributed by atoms with van der Waals surface area (Å²) < 4.78 is 4.94. The second-order valence-electron chi connectivity index (χ2n) is 3.83. The zero-order valence-electron chi connectivity index (χ0n) is 8.59. The second-order valence-corrected chi connectivity index (χ2v) is 5.04. The standard InChI is InChI=1S/C10H18O2S/c1-8(2)9(11)12-7-5-6-10(3,4)13/h13H,1,5-7H2,2-4H3. The van der Waals surface area contributed by atoms with Gasteiger partial charge in [0.15, 0.2) is 0 Å². The van der Waals surface area contributed by atoms with E-state index >= 15 is 0 Å². The molecule has 0 amide bonds. The average molecular weight is 202 g/mol. The summed E-state index contributed by atoms with van der Waals surface area (Å²) in [5.41, 5.74) is 0.449. The molecule has 0 fully saturated rings. The largest absolute Gasteiger partial charge is 0.462 e. The molecule has 3 heteroatoms. The highest BCUT2D eigenvalue weighted by Crippen LogP contribution is 2.18. The normalized spacial score (nSPS) is 11.1. The van der Waals surface area contributed by atoms with Crippen LogP contribution in [0.25, 0.3) is 0 Å². The lowest BCUT2D eigenvalue weighted by molar-refractivity contribution is -0.139. The zero-order chi connectivity index (χ0) is 10.5. The predicted molar refractivity (Wildman–Crippen MR) is 58.1 cm³/mol. The van der Waals surface area contributed by atoms with Crippen molar-refractivity contribution in [3.8, 4) is 0 Å². The van der Waals surface area contributed by atoms with Crippen molar-refractivity contribution in [1.29, 1.82) is 0 Å². The molecular weight excluding hydrogens is 184 g/mol. The number of carbonyl (C=O) groups excluding carboxylic acids is 1. The Morgan fingerprint density at radius 1 is 1.54 bits per heavy atom. The van der Waals surface area contributed by atoms with Crippen LogP contribution in [0.15, 0.2) is 12.2 Å². The van der Waals surface area contributed by atoms with Gasteiger partial charge in [-0.25, -0.2) is 4.79 Å². The van der Waals surface area contributed by atoms with Gasteiger partial charge in [0.05, 0.1) is 6.61 Å². The fourth-order valence-electron chi connectivity index (χ4n) is 0.793. The van der Waals surface area contributed by atoms with Crippen LogP contribution in [0.4, 0.5) is 0 Å². The smallest absolute Gasteiger partial charge is 0.333 e. The number of ether oxygens (including phenoxy) is 1. The Morgan fingerprint density at radius 3 is 2.46 bits per heavy atom. The third-order valence-electron chi connectivity index (χ3n) is 1.51. The van der Waals surface area contributed by atoms with Crippen molar-refractivity contribution < 1.29 is 9.53 Å². The first-order valence-corrected chi connectivity index (χ1v) is 4.82. The number of hydrogen-bond donors (Lipinski definition) is 1. The first-order valence-electron chi connectivity index (χ1n) is 4.38. The fraction of sp³-hybridized carbons (Fsp3) is 0.700. The van der Waals surface area contributed by atoms with Crippen molar-refractivity contribution in [3.63, 3.8) is 0 Å². The summed E-state index contributed by atoms with van der Waals surface area (Å²) >= 11 is 4.36. The molecule has 0 rings (SSSR count). The summed E-state index contributed by atoms with van der Waals surface area (Å²) in [7, 11) is 0. The molecule has 0 N–H and O–H groups in total. The minimum Gasteiger partial charge on any atom is -0.462 e. The van der Waals surface area contributed by atoms with Gasteiger partial charge in [-0.1, -0.05) is 20.4 Å². The Balaban J connectivity index is 3.47. The molecule has 0 aromatic rings. The van der Waals surface area contributed by atoms with Crippen LogP contribution in [0.3, 0.4) is 0 Å². The van der Waals surface area contributed by atoms with E-state index in [2.05, 4.69) is 19.2 Å². The number of carbonyl (C=O) groups is 1. The van der Waals surface area contributed by atoms with E-state index in [0.29, 0.717) is 12.2 Å². The van der Waals surface area contributed by atoms with Gasteiger partial charge in [-0.15, -0.1) is 0 Å². The molecule has 0 aliphatic heterocycles. The van der Waals surface area contributed by atoms with E-state index < -0.39 is 0 Å². The van der Waals surface area contributed by atoms with Crippen molar-refractivity contribution in [2.75, 3.05) is 6.61 Å². The SMILES string of the molecule is C=C(C)C(=O)OCCCC(C)(C)S. The third kappa shape index (κ3) is 7.91. The van der Waals surface area contributed by atoms with E-state index in [1.54, 1.807) is 6.92 Å². The van der Waals surface area contributed by atoms with Crippen LogP contribution in [0, 0.1) is 0 Å². The van der Waals surface area contributed by atoms with Crippen LogP contribution in [0.1, 0.15) is 33.6 Å². The fourth-order valence-corrected chi connectivity index (χ4v) is 0.951. The molecule has 2 nitrogen and oxygen atoms in total. The molecule has 76 valence electrons. The number of thiol groups is 1. The average Bonchev–Trinajstić information content (AvgIpc) is 1.95. The van der Waals surface area contributed by atoms with E-state index in [9.17, 15) is 4.79 Å². The lowest BCUT2D eigenvalue weighted by Crippen LogP contribution is -2.13. The molecule has 0 spiro atoms. The van der Waals surface area contributed by atoms with Crippen LogP contribution in [0.5, 0.6) is 0 Å². The summed E-state index contributed by atoms with van der Waals surface area (Å²) in [5.74, 6) is -0.308. The maximum atomic E-state index is 10.9. The van der Waals surface area contributed by atoms with Gasteiger partial charge in [0.25, 0.3) is 0 Å². The highest BCUT2D eigenvalue weighted by atomic mass is 32.1. The summed E-state index contributed by atoms with van der Waals surface area (Å²) in [5, 5.41) is 0. The van der Waals surface area contributed by atoms with Crippen molar-refractivity contribution in [2.24, 2.45) is 0 Å². The topological polar surface area (TPSA) is 26.3 Å². The zero-order valence-corrected chi connectivity index (χ0v) is 9.49. The molecule has 0 saturated heterocycles. The van der Waals surface area contributed by atoms with Gasteiger partial charge in [-0.3, -0.25) is 0 Å². The Labute approximate surface area is 85.8 Å². The van der Waals surface area contributed by atoms with Crippen LogP contribution in [-0.2, 0) is 9.53 Å². The molecular formula is C10H18O2S. The van der Waals surface area contributed by atoms with E-state index in [0.717, 1.165) is 12.8 Å². The lowest BCUT2D eigenvalue weighted by atomic mass is 10.1. The highest BCUT2D eigenvalue weighted by molar-refractivity contribution is 7.81. The first-order chi connectivity index (χ1) is 5.83. The Morgan fingerprint density at radius 2 is 2.08 bits per heavy atom. The summed E-state index contributed by atoms with van der Waals surface area (Å²) in [6, 6.07) is 0. The molecule has 0 unspecified atom stereocenters. The number of esters is 1. The van der Waals surface area contributed by atoms with E-state index in [-0.39, 0.29) is 10.7 Å². The molecule has 0 aliphatic carbocycles. The Hall–Kier alpha value is -0.440. The number of rotatable bonds is 5. The first kappa shape index (κ1) is 12.6. The molecule has 0 aromatic heterocycles. The highest BCUT2D eigenvalue weighted by Gasteiger charge is 2.11. The lowest BCUT2D eigenvalue weighted by Gasteiger charge is -2.16. The molecule has 0 radical (unpaired) electrons. The molecule has 0 aliphatic rings. The summed E-state index contributed by atoms with van der Waals surface area (Å²) in [4.78, 5) is 10.9. The van der Waals surface area contributed by atoms with Crippen molar-refractivity contribution >= 4 is 18.6 Å². The van der Waals surface area contributed by atoms with E-state index in [1.807, 2.05) is 13.8 Å². The second kappa shape index (κ2) is 5.32. The molecule has 0 bridgehead atoms. The van der Waals surface area contributed by atoms with Crippen molar-refractivity contribution in [1.82, 2.24) is 0 Å². The third-order valence-corrected chi connectivity index (χ3v) is 1.74.